The van der Waals surface area contributed by atoms with E-state index in [1.807, 2.05) is 30.3 Å². The predicted octanol–water partition coefficient (Wildman–Crippen LogP) is 2.80. The monoisotopic (exact) mass is 376 g/mol. The average molecular weight is 376 g/mol. The second kappa shape index (κ2) is 7.83. The number of nitrogens with zero attached hydrogens (tertiary/aromatic N) is 4. The molecule has 4 rings (SSSR count). The van der Waals surface area contributed by atoms with Crippen molar-refractivity contribution in [3.63, 3.8) is 0 Å². The van der Waals surface area contributed by atoms with E-state index in [-0.39, 0.29) is 5.56 Å². The van der Waals surface area contributed by atoms with Gasteiger partial charge in [0.2, 0.25) is 0 Å². The molecule has 0 aliphatic carbocycles. The number of nitrogens with one attached hydrogen (secondary N) is 2. The maximum Gasteiger partial charge on any atom is 0.254 e. The maximum absolute atomic E-state index is 13.6. The fourth-order valence-corrected chi connectivity index (χ4v) is 2.84. The molecule has 0 bridgehead atoms. The van der Waals surface area contributed by atoms with Gasteiger partial charge in [-0.3, -0.25) is 4.79 Å². The largest absolute Gasteiger partial charge is 0.368 e. The minimum Gasteiger partial charge on any atom is -0.368 e. The van der Waals surface area contributed by atoms with E-state index in [1.165, 1.54) is 18.5 Å². The minimum absolute atomic E-state index is 0.0241. The number of hydrogen-bond acceptors (Lipinski definition) is 5. The van der Waals surface area contributed by atoms with Gasteiger partial charge in [-0.15, -0.1) is 0 Å². The summed E-state index contributed by atoms with van der Waals surface area (Å²) in [6.45, 7) is 0.730. The van der Waals surface area contributed by atoms with Gasteiger partial charge in [-0.05, 0) is 24.3 Å². The standard InChI is InChI=1S/C20H17FN6O/c21-17-9-5-4-8-15(17)20(28)23-11-10-22-18-16-12-26-27(19(16)25-13-24-18)14-6-2-1-3-7-14/h1-9,12-13H,10-11H2,(H,23,28)(H,22,24,25). The van der Waals surface area contributed by atoms with Crippen LogP contribution in [0.4, 0.5) is 10.2 Å². The van der Waals surface area contributed by atoms with Crippen molar-refractivity contribution in [2.24, 2.45) is 0 Å². The molecule has 0 saturated heterocycles. The molecule has 4 aromatic rings. The van der Waals surface area contributed by atoms with Crippen molar-refractivity contribution in [1.29, 1.82) is 0 Å². The van der Waals surface area contributed by atoms with E-state index in [9.17, 15) is 9.18 Å². The van der Waals surface area contributed by atoms with Crippen LogP contribution in [0.5, 0.6) is 0 Å². The lowest BCUT2D eigenvalue weighted by Crippen LogP contribution is -2.29. The number of para-hydroxylation sites is 1. The first-order valence-corrected chi connectivity index (χ1v) is 8.75. The molecule has 0 radical (unpaired) electrons. The molecule has 2 heterocycles. The van der Waals surface area contributed by atoms with Crippen molar-refractivity contribution >= 4 is 22.8 Å². The van der Waals surface area contributed by atoms with Gasteiger partial charge in [-0.1, -0.05) is 30.3 Å². The highest BCUT2D eigenvalue weighted by molar-refractivity contribution is 5.94. The molecule has 2 aromatic carbocycles. The van der Waals surface area contributed by atoms with Gasteiger partial charge < -0.3 is 10.6 Å². The molecule has 0 aliphatic rings. The molecular formula is C20H17FN6O. The Kier molecular flexibility index (Phi) is 4.92. The van der Waals surface area contributed by atoms with Crippen LogP contribution in [0.2, 0.25) is 0 Å². The highest BCUT2D eigenvalue weighted by Crippen LogP contribution is 2.21. The molecule has 0 aliphatic heterocycles. The van der Waals surface area contributed by atoms with Crippen LogP contribution in [-0.2, 0) is 0 Å². The first-order valence-electron chi connectivity index (χ1n) is 8.75. The van der Waals surface area contributed by atoms with Crippen molar-refractivity contribution in [3.05, 3.63) is 78.5 Å². The summed E-state index contributed by atoms with van der Waals surface area (Å²) in [7, 11) is 0. The number of carbonyl (C=O) groups excluding carboxylic acids is 1. The van der Waals surface area contributed by atoms with Crippen molar-refractivity contribution in [1.82, 2.24) is 25.1 Å². The Bertz CT molecular complexity index is 1110. The summed E-state index contributed by atoms with van der Waals surface area (Å²) < 4.78 is 15.4. The number of halogens is 1. The molecule has 2 aromatic heterocycles. The lowest BCUT2D eigenvalue weighted by atomic mass is 10.2. The third kappa shape index (κ3) is 3.52. The van der Waals surface area contributed by atoms with Crippen molar-refractivity contribution in [2.45, 2.75) is 0 Å². The minimum atomic E-state index is -0.543. The molecule has 28 heavy (non-hydrogen) atoms. The van der Waals surface area contributed by atoms with Gasteiger partial charge in [0, 0.05) is 13.1 Å². The molecule has 0 fully saturated rings. The van der Waals surface area contributed by atoms with Gasteiger partial charge in [0.25, 0.3) is 5.91 Å². The van der Waals surface area contributed by atoms with E-state index in [4.69, 9.17) is 0 Å². The van der Waals surface area contributed by atoms with Gasteiger partial charge in [-0.25, -0.2) is 19.0 Å². The van der Waals surface area contributed by atoms with Gasteiger partial charge in [0.1, 0.15) is 18.0 Å². The maximum atomic E-state index is 13.6. The van der Waals surface area contributed by atoms with Crippen molar-refractivity contribution < 1.29 is 9.18 Å². The van der Waals surface area contributed by atoms with Crippen molar-refractivity contribution in [3.8, 4) is 5.69 Å². The molecule has 0 saturated carbocycles. The normalized spacial score (nSPS) is 10.8. The van der Waals surface area contributed by atoms with Crippen LogP contribution in [0.15, 0.2) is 67.1 Å². The Hall–Kier alpha value is -3.81. The van der Waals surface area contributed by atoms with Gasteiger partial charge in [-0.2, -0.15) is 5.10 Å². The van der Waals surface area contributed by atoms with E-state index in [1.54, 1.807) is 23.0 Å². The molecule has 0 atom stereocenters. The Balaban J connectivity index is 1.42. The van der Waals surface area contributed by atoms with Crippen molar-refractivity contribution in [2.75, 3.05) is 18.4 Å². The van der Waals surface area contributed by atoms with Gasteiger partial charge in [0.15, 0.2) is 5.65 Å². The summed E-state index contributed by atoms with van der Waals surface area (Å²) in [6, 6.07) is 15.6. The second-order valence-electron chi connectivity index (χ2n) is 6.01. The first-order chi connectivity index (χ1) is 13.7. The summed E-state index contributed by atoms with van der Waals surface area (Å²) in [5.41, 5.74) is 1.61. The molecule has 0 spiro atoms. The molecule has 140 valence electrons. The molecule has 0 unspecified atom stereocenters. The van der Waals surface area contributed by atoms with Gasteiger partial charge in [0.05, 0.1) is 22.8 Å². The second-order valence-corrected chi connectivity index (χ2v) is 6.01. The fraction of sp³-hybridized carbons (Fsp3) is 0.100. The fourth-order valence-electron chi connectivity index (χ4n) is 2.84. The van der Waals surface area contributed by atoms with Crippen LogP contribution < -0.4 is 10.6 Å². The van der Waals surface area contributed by atoms with Crippen LogP contribution in [0.25, 0.3) is 16.7 Å². The van der Waals surface area contributed by atoms with Crippen LogP contribution in [-0.4, -0.2) is 38.7 Å². The number of amides is 1. The Morgan fingerprint density at radius 3 is 2.61 bits per heavy atom. The van der Waals surface area contributed by atoms with Crippen LogP contribution in [0.3, 0.4) is 0 Å². The number of hydrogen-bond donors (Lipinski definition) is 2. The Labute approximate surface area is 160 Å². The van der Waals surface area contributed by atoms with E-state index in [0.29, 0.717) is 24.6 Å². The smallest absolute Gasteiger partial charge is 0.254 e. The number of rotatable bonds is 6. The zero-order valence-corrected chi connectivity index (χ0v) is 14.8. The number of carbonyl (C=O) groups is 1. The third-order valence-electron chi connectivity index (χ3n) is 4.19. The topological polar surface area (TPSA) is 84.7 Å². The summed E-state index contributed by atoms with van der Waals surface area (Å²) in [5.74, 6) is -0.379. The summed E-state index contributed by atoms with van der Waals surface area (Å²) in [6.07, 6.45) is 3.16. The Morgan fingerprint density at radius 1 is 1.00 bits per heavy atom. The van der Waals surface area contributed by atoms with E-state index in [2.05, 4.69) is 25.7 Å². The predicted molar refractivity (Wildman–Crippen MR) is 104 cm³/mol. The summed E-state index contributed by atoms with van der Waals surface area (Å²) in [4.78, 5) is 20.6. The zero-order valence-electron chi connectivity index (χ0n) is 14.8. The zero-order chi connectivity index (χ0) is 19.3. The molecular weight excluding hydrogens is 359 g/mol. The molecule has 2 N–H and O–H groups in total. The number of fused-ring (bicyclic) bond motifs is 1. The first kappa shape index (κ1) is 17.6. The van der Waals surface area contributed by atoms with Gasteiger partial charge >= 0.3 is 0 Å². The number of anilines is 1. The lowest BCUT2D eigenvalue weighted by Gasteiger charge is -2.09. The average Bonchev–Trinajstić information content (AvgIpc) is 3.17. The molecule has 1 amide bonds. The van der Waals surface area contributed by atoms with E-state index < -0.39 is 11.7 Å². The third-order valence-corrected chi connectivity index (χ3v) is 4.19. The Morgan fingerprint density at radius 2 is 1.79 bits per heavy atom. The highest BCUT2D eigenvalue weighted by Gasteiger charge is 2.12. The number of benzene rings is 2. The van der Waals surface area contributed by atoms with E-state index in [0.717, 1.165) is 11.1 Å². The van der Waals surface area contributed by atoms with E-state index >= 15 is 0 Å². The molecule has 8 heteroatoms. The number of aromatic nitrogens is 4. The lowest BCUT2D eigenvalue weighted by molar-refractivity contribution is 0.0951. The van der Waals surface area contributed by atoms with Crippen LogP contribution >= 0.6 is 0 Å². The summed E-state index contributed by atoms with van der Waals surface area (Å²) in [5, 5.41) is 11.0. The SMILES string of the molecule is O=C(NCCNc1ncnc2c1cnn2-c1ccccc1)c1ccccc1F. The molecule has 7 nitrogen and oxygen atoms in total. The van der Waals surface area contributed by atoms with Crippen LogP contribution in [0.1, 0.15) is 10.4 Å². The summed E-state index contributed by atoms with van der Waals surface area (Å²) >= 11 is 0. The quantitative estimate of drug-likeness (QED) is 0.506. The van der Waals surface area contributed by atoms with Crippen LogP contribution in [0, 0.1) is 5.82 Å². The highest BCUT2D eigenvalue weighted by atomic mass is 19.1.